The number of hydrogen-bond acceptors (Lipinski definition) is 2. The molecule has 0 bridgehead atoms. The molecule has 0 heterocycles. The molecule has 0 spiro atoms. The van der Waals surface area contributed by atoms with Crippen LogP contribution in [0.5, 0.6) is 0 Å². The molecule has 0 aliphatic carbocycles. The third-order valence-electron chi connectivity index (χ3n) is 2.59. The summed E-state index contributed by atoms with van der Waals surface area (Å²) >= 11 is 0. The fraction of sp³-hybridized carbons (Fsp3) is 0. The van der Waals surface area contributed by atoms with Crippen LogP contribution in [-0.2, 0) is 0 Å². The maximum Gasteiger partial charge on any atom is 0.403 e. The normalized spacial score (nSPS) is 9.78. The maximum absolute atomic E-state index is 7.49. The fourth-order valence-corrected chi connectivity index (χ4v) is 1.76. The zero-order valence-electron chi connectivity index (χ0n) is 9.88. The van der Waals surface area contributed by atoms with Gasteiger partial charge in [0.1, 0.15) is 5.71 Å². The average molecular weight is 239 g/mol. The van der Waals surface area contributed by atoms with Crippen LogP contribution in [0.25, 0.3) is 0 Å². The Balaban J connectivity index is 2.64. The van der Waals surface area contributed by atoms with E-state index in [0.717, 1.165) is 11.1 Å². The Morgan fingerprint density at radius 3 is 1.56 bits per heavy atom. The second kappa shape index (κ2) is 5.14. The SMILES string of the molecule is N=C(N)[N+](N)=C(c1ccccc1)c1ccccc1. The number of hydrogen-bond donors (Lipinski definition) is 3. The van der Waals surface area contributed by atoms with Crippen LogP contribution >= 0.6 is 0 Å². The largest absolute Gasteiger partial charge is 0.403 e. The van der Waals surface area contributed by atoms with E-state index in [2.05, 4.69) is 0 Å². The Morgan fingerprint density at radius 1 is 0.833 bits per heavy atom. The van der Waals surface area contributed by atoms with E-state index in [9.17, 15) is 0 Å². The molecule has 2 aromatic carbocycles. The lowest BCUT2D eigenvalue weighted by atomic mass is 10.0. The Bertz CT molecular complexity index is 532. The van der Waals surface area contributed by atoms with Crippen molar-refractivity contribution in [3.05, 3.63) is 71.8 Å². The van der Waals surface area contributed by atoms with E-state index in [1.165, 1.54) is 4.68 Å². The third kappa shape index (κ3) is 2.38. The number of guanidine groups is 1. The first-order chi connectivity index (χ1) is 8.70. The molecule has 4 heteroatoms. The Kier molecular flexibility index (Phi) is 3.38. The second-order valence-electron chi connectivity index (χ2n) is 3.84. The zero-order chi connectivity index (χ0) is 13.0. The van der Waals surface area contributed by atoms with Gasteiger partial charge in [0.25, 0.3) is 0 Å². The standard InChI is InChI=1S/C14H15N4/c15-14(16)18(17)13(11-7-3-1-4-8-11)12-9-5-2-6-10-12/h1-10H,17H2,(H3,15,16)/q+1. The van der Waals surface area contributed by atoms with E-state index >= 15 is 0 Å². The predicted molar refractivity (Wildman–Crippen MR) is 72.5 cm³/mol. The van der Waals surface area contributed by atoms with Crippen LogP contribution in [0.15, 0.2) is 60.7 Å². The molecule has 0 amide bonds. The van der Waals surface area contributed by atoms with Gasteiger partial charge in [0.2, 0.25) is 0 Å². The molecular weight excluding hydrogens is 224 g/mol. The summed E-state index contributed by atoms with van der Waals surface area (Å²) in [4.78, 5) is 0. The molecule has 0 fully saturated rings. The van der Waals surface area contributed by atoms with Gasteiger partial charge in [-0.1, -0.05) is 60.7 Å². The number of rotatable bonds is 2. The van der Waals surface area contributed by atoms with Crippen molar-refractivity contribution in [3.63, 3.8) is 0 Å². The second-order valence-corrected chi connectivity index (χ2v) is 3.84. The van der Waals surface area contributed by atoms with Gasteiger partial charge in [-0.05, 0) is 0 Å². The molecule has 2 aromatic rings. The summed E-state index contributed by atoms with van der Waals surface area (Å²) in [6, 6.07) is 19.3. The highest BCUT2D eigenvalue weighted by atomic mass is 15.4. The molecule has 4 nitrogen and oxygen atoms in total. The molecule has 0 unspecified atom stereocenters. The van der Waals surface area contributed by atoms with E-state index in [-0.39, 0.29) is 5.96 Å². The molecule has 0 saturated carbocycles. The molecule has 0 saturated heterocycles. The van der Waals surface area contributed by atoms with Gasteiger partial charge >= 0.3 is 5.96 Å². The Labute approximate surface area is 106 Å². The number of hydrazone groups is 1. The first kappa shape index (κ1) is 11.9. The highest BCUT2D eigenvalue weighted by molar-refractivity contribution is 6.11. The molecule has 18 heavy (non-hydrogen) atoms. The van der Waals surface area contributed by atoms with Gasteiger partial charge in [0.15, 0.2) is 0 Å². The van der Waals surface area contributed by atoms with Crippen molar-refractivity contribution in [1.29, 1.82) is 5.41 Å². The molecule has 2 rings (SSSR count). The van der Waals surface area contributed by atoms with E-state index in [0.29, 0.717) is 5.71 Å². The lowest BCUT2D eigenvalue weighted by Crippen LogP contribution is -2.39. The summed E-state index contributed by atoms with van der Waals surface area (Å²) in [5.41, 5.74) is 8.02. The van der Waals surface area contributed by atoms with Crippen molar-refractivity contribution in [1.82, 2.24) is 0 Å². The number of nitrogens with one attached hydrogen (secondary N) is 1. The van der Waals surface area contributed by atoms with Gasteiger partial charge < -0.3 is 0 Å². The number of benzene rings is 2. The van der Waals surface area contributed by atoms with Crippen LogP contribution in [-0.4, -0.2) is 16.4 Å². The molecule has 90 valence electrons. The van der Waals surface area contributed by atoms with Gasteiger partial charge in [-0.3, -0.25) is 11.6 Å². The topological polar surface area (TPSA) is 78.9 Å². The van der Waals surface area contributed by atoms with Crippen molar-refractivity contribution in [2.24, 2.45) is 11.6 Å². The van der Waals surface area contributed by atoms with E-state index < -0.39 is 0 Å². The number of nitrogens with two attached hydrogens (primary N) is 2. The van der Waals surface area contributed by atoms with Crippen LogP contribution in [0.3, 0.4) is 0 Å². The number of nitrogens with zero attached hydrogens (tertiary/aromatic N) is 1. The summed E-state index contributed by atoms with van der Waals surface area (Å²) in [6.07, 6.45) is 0. The quantitative estimate of drug-likeness (QED) is 0.243. The minimum atomic E-state index is -0.197. The average Bonchev–Trinajstić information content (AvgIpc) is 2.41. The molecule has 0 aromatic heterocycles. The van der Waals surface area contributed by atoms with Gasteiger partial charge in [0, 0.05) is 11.1 Å². The van der Waals surface area contributed by atoms with Gasteiger partial charge in [-0.25, -0.2) is 0 Å². The molecule has 5 N–H and O–H groups in total. The van der Waals surface area contributed by atoms with E-state index in [4.69, 9.17) is 17.0 Å². The van der Waals surface area contributed by atoms with Crippen LogP contribution < -0.4 is 11.6 Å². The summed E-state index contributed by atoms with van der Waals surface area (Å²) in [6.45, 7) is 0. The van der Waals surface area contributed by atoms with Crippen LogP contribution in [0.1, 0.15) is 11.1 Å². The van der Waals surface area contributed by atoms with E-state index in [1.807, 2.05) is 60.7 Å². The molecule has 0 aliphatic rings. The van der Waals surface area contributed by atoms with E-state index in [1.54, 1.807) is 0 Å². The first-order valence-electron chi connectivity index (χ1n) is 5.57. The summed E-state index contributed by atoms with van der Waals surface area (Å²) < 4.78 is 1.19. The van der Waals surface area contributed by atoms with Gasteiger partial charge in [-0.15, -0.1) is 10.1 Å². The first-order valence-corrected chi connectivity index (χ1v) is 5.57. The number of hydrazine groups is 1. The maximum atomic E-state index is 7.49. The van der Waals surface area contributed by atoms with Crippen molar-refractivity contribution < 1.29 is 4.68 Å². The van der Waals surface area contributed by atoms with Gasteiger partial charge in [0.05, 0.1) is 0 Å². The monoisotopic (exact) mass is 239 g/mol. The third-order valence-corrected chi connectivity index (χ3v) is 2.59. The fourth-order valence-electron chi connectivity index (χ4n) is 1.76. The molecule has 0 radical (unpaired) electrons. The van der Waals surface area contributed by atoms with Crippen LogP contribution in [0.4, 0.5) is 0 Å². The van der Waals surface area contributed by atoms with Crippen LogP contribution in [0, 0.1) is 5.41 Å². The molecular formula is C14H15N4+. The van der Waals surface area contributed by atoms with Gasteiger partial charge in [-0.2, -0.15) is 0 Å². The van der Waals surface area contributed by atoms with Crippen molar-refractivity contribution in [2.45, 2.75) is 0 Å². The summed E-state index contributed by atoms with van der Waals surface area (Å²) in [5.74, 6) is 5.67. The van der Waals surface area contributed by atoms with Crippen LogP contribution in [0.2, 0.25) is 0 Å². The Hall–Kier alpha value is -2.62. The predicted octanol–water partition coefficient (Wildman–Crippen LogP) is 1.30. The summed E-state index contributed by atoms with van der Waals surface area (Å²) in [7, 11) is 0. The van der Waals surface area contributed by atoms with Crippen molar-refractivity contribution >= 4 is 11.7 Å². The molecule has 0 atom stereocenters. The zero-order valence-corrected chi connectivity index (χ0v) is 9.88. The minimum absolute atomic E-state index is 0.197. The van der Waals surface area contributed by atoms with Crippen molar-refractivity contribution in [3.8, 4) is 0 Å². The van der Waals surface area contributed by atoms with Crippen molar-refractivity contribution in [2.75, 3.05) is 0 Å². The smallest absolute Gasteiger partial charge is 0.289 e. The lowest BCUT2D eigenvalue weighted by Gasteiger charge is -2.09. The highest BCUT2D eigenvalue weighted by Crippen LogP contribution is 2.09. The minimum Gasteiger partial charge on any atom is -0.289 e. The highest BCUT2D eigenvalue weighted by Gasteiger charge is 2.14. The molecule has 0 aliphatic heterocycles. The lowest BCUT2D eigenvalue weighted by molar-refractivity contribution is -0.422. The summed E-state index contributed by atoms with van der Waals surface area (Å²) in [5, 5.41) is 7.49. The Morgan fingerprint density at radius 2 is 1.22 bits per heavy atom.